The van der Waals surface area contributed by atoms with Crippen LogP contribution in [0.1, 0.15) is 19.8 Å². The fraction of sp³-hybridized carbons (Fsp3) is 0.444. The summed E-state index contributed by atoms with van der Waals surface area (Å²) in [7, 11) is 0. The number of anilines is 1. The van der Waals surface area contributed by atoms with Gasteiger partial charge < -0.3 is 10.3 Å². The van der Waals surface area contributed by atoms with Crippen LogP contribution in [0.2, 0.25) is 5.28 Å². The van der Waals surface area contributed by atoms with Gasteiger partial charge in [0.25, 0.3) is 0 Å². The topological polar surface area (TPSA) is 69.6 Å². The molecular weight excluding hydrogens is 214 g/mol. The van der Waals surface area contributed by atoms with E-state index in [9.17, 15) is 0 Å². The van der Waals surface area contributed by atoms with Gasteiger partial charge in [0.2, 0.25) is 5.28 Å². The minimum atomic E-state index is 0.140. The van der Waals surface area contributed by atoms with Gasteiger partial charge in [0.15, 0.2) is 11.5 Å². The zero-order valence-electron chi connectivity index (χ0n) is 8.44. The maximum atomic E-state index is 5.78. The number of nitrogens with two attached hydrogens (primary N) is 1. The van der Waals surface area contributed by atoms with Crippen LogP contribution in [-0.2, 0) is 6.54 Å². The van der Waals surface area contributed by atoms with Crippen LogP contribution in [0.4, 0.5) is 5.82 Å². The fourth-order valence-corrected chi connectivity index (χ4v) is 1.65. The second-order valence-corrected chi connectivity index (χ2v) is 3.68. The largest absolute Gasteiger partial charge is 0.382 e. The summed E-state index contributed by atoms with van der Waals surface area (Å²) in [6.45, 7) is 3.01. The third kappa shape index (κ3) is 1.87. The van der Waals surface area contributed by atoms with Crippen LogP contribution in [0.25, 0.3) is 11.2 Å². The number of aryl methyl sites for hydroxylation is 1. The Morgan fingerprint density at radius 1 is 1.47 bits per heavy atom. The summed E-state index contributed by atoms with van der Waals surface area (Å²) >= 11 is 5.69. The summed E-state index contributed by atoms with van der Waals surface area (Å²) in [6, 6.07) is 0. The standard InChI is InChI=1S/C9H12ClN5/c1-2-3-4-15-5-12-8-6(15)7(11)13-9(10)14-8/h5H,2-4H2,1H3,(H2,11,13,14). The van der Waals surface area contributed by atoms with Crippen LogP contribution in [0.3, 0.4) is 0 Å². The van der Waals surface area contributed by atoms with E-state index in [2.05, 4.69) is 21.9 Å². The predicted octanol–water partition coefficient (Wildman–Crippen LogP) is 1.86. The van der Waals surface area contributed by atoms with Crippen molar-refractivity contribution in [2.75, 3.05) is 5.73 Å². The number of aromatic nitrogens is 4. The van der Waals surface area contributed by atoms with Gasteiger partial charge in [-0.3, -0.25) is 0 Å². The second-order valence-electron chi connectivity index (χ2n) is 3.34. The van der Waals surface area contributed by atoms with E-state index < -0.39 is 0 Å². The summed E-state index contributed by atoms with van der Waals surface area (Å²) in [5.74, 6) is 0.388. The molecule has 0 fully saturated rings. The molecular formula is C9H12ClN5. The predicted molar refractivity (Wildman–Crippen MR) is 59.7 cm³/mol. The Morgan fingerprint density at radius 2 is 2.27 bits per heavy atom. The Hall–Kier alpha value is -1.36. The van der Waals surface area contributed by atoms with Gasteiger partial charge in [0.1, 0.15) is 5.52 Å². The smallest absolute Gasteiger partial charge is 0.226 e. The van der Waals surface area contributed by atoms with Crippen LogP contribution in [0, 0.1) is 0 Å². The van der Waals surface area contributed by atoms with Gasteiger partial charge in [0.05, 0.1) is 6.33 Å². The highest BCUT2D eigenvalue weighted by Gasteiger charge is 2.09. The van der Waals surface area contributed by atoms with Gasteiger partial charge in [-0.2, -0.15) is 9.97 Å². The molecule has 0 radical (unpaired) electrons. The molecule has 0 atom stereocenters. The van der Waals surface area contributed by atoms with Crippen LogP contribution < -0.4 is 5.73 Å². The SMILES string of the molecule is CCCCn1cnc2nc(Cl)nc(N)c21. The van der Waals surface area contributed by atoms with Gasteiger partial charge in [0, 0.05) is 6.54 Å². The lowest BCUT2D eigenvalue weighted by molar-refractivity contribution is 0.645. The lowest BCUT2D eigenvalue weighted by Crippen LogP contribution is -2.01. The summed E-state index contributed by atoms with van der Waals surface area (Å²) < 4.78 is 1.96. The van der Waals surface area contributed by atoms with Gasteiger partial charge >= 0.3 is 0 Å². The van der Waals surface area contributed by atoms with Gasteiger partial charge in [-0.15, -0.1) is 0 Å². The highest BCUT2D eigenvalue weighted by Crippen LogP contribution is 2.19. The highest BCUT2D eigenvalue weighted by molar-refractivity contribution is 6.28. The van der Waals surface area contributed by atoms with Gasteiger partial charge in [-0.05, 0) is 18.0 Å². The van der Waals surface area contributed by atoms with E-state index in [0.29, 0.717) is 11.5 Å². The van der Waals surface area contributed by atoms with Gasteiger partial charge in [-0.1, -0.05) is 13.3 Å². The van der Waals surface area contributed by atoms with Crippen molar-refractivity contribution in [1.29, 1.82) is 0 Å². The molecule has 0 aliphatic rings. The molecule has 0 amide bonds. The van der Waals surface area contributed by atoms with Crippen LogP contribution >= 0.6 is 11.6 Å². The van der Waals surface area contributed by atoms with Crippen molar-refractivity contribution in [2.24, 2.45) is 0 Å². The third-order valence-corrected chi connectivity index (χ3v) is 2.39. The normalized spacial score (nSPS) is 11.1. The number of nitrogen functional groups attached to an aromatic ring is 1. The van der Waals surface area contributed by atoms with E-state index in [1.807, 2.05) is 4.57 Å². The number of hydrogen-bond acceptors (Lipinski definition) is 4. The fourth-order valence-electron chi connectivity index (χ4n) is 1.48. The van der Waals surface area contributed by atoms with Crippen LogP contribution in [0.15, 0.2) is 6.33 Å². The first kappa shape index (κ1) is 10.2. The number of nitrogens with zero attached hydrogens (tertiary/aromatic N) is 4. The Kier molecular flexibility index (Phi) is 2.73. The summed E-state index contributed by atoms with van der Waals surface area (Å²) in [4.78, 5) is 12.1. The number of unbranched alkanes of at least 4 members (excludes halogenated alkanes) is 1. The van der Waals surface area contributed by atoms with E-state index in [1.54, 1.807) is 6.33 Å². The third-order valence-electron chi connectivity index (χ3n) is 2.22. The molecule has 6 heteroatoms. The quantitative estimate of drug-likeness (QED) is 0.810. The molecule has 0 saturated carbocycles. The van der Waals surface area contributed by atoms with Crippen molar-refractivity contribution < 1.29 is 0 Å². The van der Waals surface area contributed by atoms with E-state index in [0.717, 1.165) is 24.9 Å². The Labute approximate surface area is 92.3 Å². The lowest BCUT2D eigenvalue weighted by atomic mass is 10.3. The first-order valence-electron chi connectivity index (χ1n) is 4.86. The molecule has 80 valence electrons. The van der Waals surface area contributed by atoms with Crippen molar-refractivity contribution in [3.8, 4) is 0 Å². The van der Waals surface area contributed by atoms with E-state index in [1.165, 1.54) is 0 Å². The Bertz CT molecular complexity index is 479. The molecule has 2 heterocycles. The highest BCUT2D eigenvalue weighted by atomic mass is 35.5. The zero-order valence-corrected chi connectivity index (χ0v) is 9.20. The second kappa shape index (κ2) is 4.02. The van der Waals surface area contributed by atoms with Crippen molar-refractivity contribution in [3.05, 3.63) is 11.6 Å². The molecule has 0 aliphatic heterocycles. The molecule has 0 aromatic carbocycles. The molecule has 0 spiro atoms. The molecule has 0 aliphatic carbocycles. The summed E-state index contributed by atoms with van der Waals surface area (Å²) in [5, 5.41) is 0.140. The molecule has 2 aromatic heterocycles. The lowest BCUT2D eigenvalue weighted by Gasteiger charge is -2.03. The minimum absolute atomic E-state index is 0.140. The minimum Gasteiger partial charge on any atom is -0.382 e. The monoisotopic (exact) mass is 225 g/mol. The number of rotatable bonds is 3. The Morgan fingerprint density at radius 3 is 3.00 bits per heavy atom. The number of hydrogen-bond donors (Lipinski definition) is 1. The van der Waals surface area contributed by atoms with E-state index in [4.69, 9.17) is 17.3 Å². The average Bonchev–Trinajstić information content (AvgIpc) is 2.58. The molecule has 0 saturated heterocycles. The van der Waals surface area contributed by atoms with E-state index >= 15 is 0 Å². The van der Waals surface area contributed by atoms with Crippen molar-refractivity contribution in [3.63, 3.8) is 0 Å². The van der Waals surface area contributed by atoms with Crippen LogP contribution in [0.5, 0.6) is 0 Å². The maximum Gasteiger partial charge on any atom is 0.226 e. The molecule has 2 aromatic rings. The van der Waals surface area contributed by atoms with Crippen molar-refractivity contribution in [1.82, 2.24) is 19.5 Å². The Balaban J connectivity index is 2.49. The van der Waals surface area contributed by atoms with Crippen molar-refractivity contribution >= 4 is 28.6 Å². The molecule has 2 N–H and O–H groups in total. The molecule has 15 heavy (non-hydrogen) atoms. The first-order chi connectivity index (χ1) is 7.22. The zero-order chi connectivity index (χ0) is 10.8. The summed E-state index contributed by atoms with van der Waals surface area (Å²) in [6.07, 6.45) is 3.92. The summed E-state index contributed by atoms with van der Waals surface area (Å²) in [5.41, 5.74) is 7.11. The maximum absolute atomic E-state index is 5.78. The van der Waals surface area contributed by atoms with Gasteiger partial charge in [-0.25, -0.2) is 4.98 Å². The number of halogens is 1. The van der Waals surface area contributed by atoms with Crippen LogP contribution in [-0.4, -0.2) is 19.5 Å². The number of fused-ring (bicyclic) bond motifs is 1. The molecule has 0 unspecified atom stereocenters. The molecule has 0 bridgehead atoms. The average molecular weight is 226 g/mol. The molecule has 5 nitrogen and oxygen atoms in total. The number of imidazole rings is 1. The van der Waals surface area contributed by atoms with E-state index in [-0.39, 0.29) is 5.28 Å². The van der Waals surface area contributed by atoms with Crippen molar-refractivity contribution in [2.45, 2.75) is 26.3 Å². The molecule has 2 rings (SSSR count). The first-order valence-corrected chi connectivity index (χ1v) is 5.24.